The summed E-state index contributed by atoms with van der Waals surface area (Å²) in [5, 5.41) is 12.0. The van der Waals surface area contributed by atoms with Crippen LogP contribution >= 0.6 is 11.8 Å². The topological polar surface area (TPSA) is 66.4 Å². The van der Waals surface area contributed by atoms with Crippen LogP contribution in [0.2, 0.25) is 0 Å². The molecule has 1 aliphatic carbocycles. The molecule has 1 aliphatic rings. The van der Waals surface area contributed by atoms with Gasteiger partial charge in [-0.2, -0.15) is 11.8 Å². The van der Waals surface area contributed by atoms with Crippen LogP contribution in [-0.2, 0) is 9.59 Å². The summed E-state index contributed by atoms with van der Waals surface area (Å²) in [7, 11) is 0. The van der Waals surface area contributed by atoms with Crippen LogP contribution < -0.4 is 5.32 Å². The minimum absolute atomic E-state index is 0.0706. The second-order valence-electron chi connectivity index (χ2n) is 4.36. The monoisotopic (exact) mass is 245 g/mol. The molecule has 0 bridgehead atoms. The van der Waals surface area contributed by atoms with Crippen molar-refractivity contribution in [2.75, 3.05) is 18.6 Å². The lowest BCUT2D eigenvalue weighted by Crippen LogP contribution is -2.44. The first kappa shape index (κ1) is 13.4. The molecular formula is C11H19NO3S. The van der Waals surface area contributed by atoms with Gasteiger partial charge in [-0.25, -0.2) is 0 Å². The Balaban J connectivity index is 2.51. The molecular weight excluding hydrogens is 226 g/mol. The molecule has 0 atom stereocenters. The lowest BCUT2D eigenvalue weighted by Gasteiger charge is -2.33. The Labute approximate surface area is 100 Å². The van der Waals surface area contributed by atoms with Crippen LogP contribution in [0.4, 0.5) is 0 Å². The van der Waals surface area contributed by atoms with Gasteiger partial charge >= 0.3 is 5.97 Å². The second kappa shape index (κ2) is 6.13. The molecule has 0 aromatic carbocycles. The Kier molecular flexibility index (Phi) is 5.12. The first-order chi connectivity index (χ1) is 7.60. The van der Waals surface area contributed by atoms with E-state index >= 15 is 0 Å². The first-order valence-corrected chi connectivity index (χ1v) is 6.99. The van der Waals surface area contributed by atoms with E-state index in [1.165, 1.54) is 11.8 Å². The number of nitrogens with one attached hydrogen (secondary N) is 1. The van der Waals surface area contributed by atoms with E-state index in [1.54, 1.807) is 0 Å². The van der Waals surface area contributed by atoms with Gasteiger partial charge in [-0.1, -0.05) is 19.3 Å². The molecule has 16 heavy (non-hydrogen) atoms. The van der Waals surface area contributed by atoms with Gasteiger partial charge in [-0.15, -0.1) is 0 Å². The fourth-order valence-electron chi connectivity index (χ4n) is 2.14. The van der Waals surface area contributed by atoms with Gasteiger partial charge in [0.2, 0.25) is 5.91 Å². The summed E-state index contributed by atoms with van der Waals surface area (Å²) in [4.78, 5) is 22.6. The molecule has 2 N–H and O–H groups in total. The molecule has 0 unspecified atom stereocenters. The molecule has 1 rings (SSSR count). The summed E-state index contributed by atoms with van der Waals surface area (Å²) in [6, 6.07) is 0. The third-order valence-electron chi connectivity index (χ3n) is 3.16. The van der Waals surface area contributed by atoms with Crippen molar-refractivity contribution in [3.8, 4) is 0 Å². The fraction of sp³-hybridized carbons (Fsp3) is 0.818. The number of rotatable bonds is 5. The number of aliphatic carboxylic acids is 1. The average molecular weight is 245 g/mol. The van der Waals surface area contributed by atoms with Gasteiger partial charge in [0.1, 0.15) is 0 Å². The summed E-state index contributed by atoms with van der Waals surface area (Å²) in [6.07, 6.45) is 6.22. The van der Waals surface area contributed by atoms with Crippen molar-refractivity contribution in [2.24, 2.45) is 5.41 Å². The maximum atomic E-state index is 11.3. The summed E-state index contributed by atoms with van der Waals surface area (Å²) in [6.45, 7) is 0.279. The van der Waals surface area contributed by atoms with Crippen molar-refractivity contribution >= 4 is 23.6 Å². The van der Waals surface area contributed by atoms with Crippen LogP contribution in [0.3, 0.4) is 0 Å². The van der Waals surface area contributed by atoms with E-state index in [1.807, 2.05) is 6.26 Å². The standard InChI is InChI=1S/C11H19NO3S/c1-16-7-9(13)12-8-11(10(14)15)5-3-2-4-6-11/h2-8H2,1H3,(H,12,13)(H,14,15). The number of hydrogen-bond acceptors (Lipinski definition) is 3. The van der Waals surface area contributed by atoms with Crippen LogP contribution in [0.15, 0.2) is 0 Å². The van der Waals surface area contributed by atoms with Crippen molar-refractivity contribution in [1.29, 1.82) is 0 Å². The molecule has 0 aliphatic heterocycles. The minimum Gasteiger partial charge on any atom is -0.481 e. The van der Waals surface area contributed by atoms with E-state index in [4.69, 9.17) is 0 Å². The average Bonchev–Trinajstić information content (AvgIpc) is 2.28. The van der Waals surface area contributed by atoms with Gasteiger partial charge in [0.05, 0.1) is 11.2 Å². The van der Waals surface area contributed by atoms with Crippen LogP contribution in [0, 0.1) is 5.41 Å². The smallest absolute Gasteiger partial charge is 0.311 e. The molecule has 5 heteroatoms. The predicted molar refractivity (Wildman–Crippen MR) is 64.5 cm³/mol. The normalized spacial score (nSPS) is 19.1. The highest BCUT2D eigenvalue weighted by molar-refractivity contribution is 7.99. The lowest BCUT2D eigenvalue weighted by atomic mass is 9.74. The summed E-state index contributed by atoms with van der Waals surface area (Å²) in [5.74, 6) is -0.439. The Morgan fingerprint density at radius 1 is 1.31 bits per heavy atom. The fourth-order valence-corrected chi connectivity index (χ4v) is 2.51. The van der Waals surface area contributed by atoms with Gasteiger partial charge < -0.3 is 10.4 Å². The SMILES string of the molecule is CSCC(=O)NCC1(C(=O)O)CCCCC1. The molecule has 92 valence electrons. The summed E-state index contributed by atoms with van der Waals surface area (Å²) in [5.41, 5.74) is -0.716. The second-order valence-corrected chi connectivity index (χ2v) is 5.22. The Morgan fingerprint density at radius 2 is 1.94 bits per heavy atom. The van der Waals surface area contributed by atoms with E-state index in [0.717, 1.165) is 19.3 Å². The third kappa shape index (κ3) is 3.40. The molecule has 0 aromatic heterocycles. The number of thioether (sulfide) groups is 1. The van der Waals surface area contributed by atoms with Gasteiger partial charge in [-0.3, -0.25) is 9.59 Å². The molecule has 0 aromatic rings. The highest BCUT2D eigenvalue weighted by Crippen LogP contribution is 2.35. The van der Waals surface area contributed by atoms with Gasteiger partial charge in [0, 0.05) is 6.54 Å². The van der Waals surface area contributed by atoms with Gasteiger partial charge in [0.25, 0.3) is 0 Å². The van der Waals surface area contributed by atoms with Gasteiger partial charge in [-0.05, 0) is 19.1 Å². The molecule has 0 saturated heterocycles. The Morgan fingerprint density at radius 3 is 2.44 bits per heavy atom. The number of carbonyl (C=O) groups is 2. The van der Waals surface area contributed by atoms with E-state index in [9.17, 15) is 14.7 Å². The summed E-state index contributed by atoms with van der Waals surface area (Å²) >= 11 is 1.44. The number of hydrogen-bond donors (Lipinski definition) is 2. The molecule has 4 nitrogen and oxygen atoms in total. The van der Waals surface area contributed by atoms with E-state index in [2.05, 4.69) is 5.32 Å². The highest BCUT2D eigenvalue weighted by Gasteiger charge is 2.39. The predicted octanol–water partition coefficient (Wildman–Crippen LogP) is 1.50. The maximum absolute atomic E-state index is 11.3. The Hall–Kier alpha value is -0.710. The zero-order chi connectivity index (χ0) is 12.0. The molecule has 1 fully saturated rings. The number of amides is 1. The molecule has 0 heterocycles. The molecule has 0 radical (unpaired) electrons. The van der Waals surface area contributed by atoms with Crippen molar-refractivity contribution < 1.29 is 14.7 Å². The van der Waals surface area contributed by atoms with Gasteiger partial charge in [0.15, 0.2) is 0 Å². The summed E-state index contributed by atoms with van der Waals surface area (Å²) < 4.78 is 0. The largest absolute Gasteiger partial charge is 0.481 e. The number of carboxylic acid groups (broad SMARTS) is 1. The van der Waals surface area contributed by atoms with Crippen molar-refractivity contribution in [1.82, 2.24) is 5.32 Å². The van der Waals surface area contributed by atoms with Crippen LogP contribution in [0.1, 0.15) is 32.1 Å². The number of carbonyl (C=O) groups excluding carboxylic acids is 1. The molecule has 1 amide bonds. The quantitative estimate of drug-likeness (QED) is 0.770. The third-order valence-corrected chi connectivity index (χ3v) is 3.71. The Bertz CT molecular complexity index is 262. The molecule has 0 spiro atoms. The van der Waals surface area contributed by atoms with Crippen LogP contribution in [0.5, 0.6) is 0 Å². The highest BCUT2D eigenvalue weighted by atomic mass is 32.2. The van der Waals surface area contributed by atoms with E-state index in [0.29, 0.717) is 18.6 Å². The van der Waals surface area contributed by atoms with Crippen molar-refractivity contribution in [3.63, 3.8) is 0 Å². The van der Waals surface area contributed by atoms with E-state index in [-0.39, 0.29) is 12.5 Å². The lowest BCUT2D eigenvalue weighted by molar-refractivity contribution is -0.150. The molecule has 1 saturated carbocycles. The van der Waals surface area contributed by atoms with Crippen LogP contribution in [-0.4, -0.2) is 35.5 Å². The zero-order valence-electron chi connectivity index (χ0n) is 9.62. The van der Waals surface area contributed by atoms with Crippen LogP contribution in [0.25, 0.3) is 0 Å². The number of carboxylic acids is 1. The van der Waals surface area contributed by atoms with E-state index < -0.39 is 11.4 Å². The first-order valence-electron chi connectivity index (χ1n) is 5.60. The zero-order valence-corrected chi connectivity index (χ0v) is 10.4. The van der Waals surface area contributed by atoms with Crippen molar-refractivity contribution in [3.05, 3.63) is 0 Å². The minimum atomic E-state index is -0.767. The maximum Gasteiger partial charge on any atom is 0.311 e. The van der Waals surface area contributed by atoms with Crippen molar-refractivity contribution in [2.45, 2.75) is 32.1 Å².